The summed E-state index contributed by atoms with van der Waals surface area (Å²) < 4.78 is 1.13. The number of para-hydroxylation sites is 1. The molecule has 0 N–H and O–H groups in total. The average molecular weight is 357 g/mol. The Morgan fingerprint density at radius 3 is 2.79 bits per heavy atom. The van der Waals surface area contributed by atoms with Gasteiger partial charge < -0.3 is 4.90 Å². The Morgan fingerprint density at radius 1 is 1.21 bits per heavy atom. The Kier molecular flexibility index (Phi) is 3.82. The van der Waals surface area contributed by atoms with E-state index in [4.69, 9.17) is 11.6 Å². The summed E-state index contributed by atoms with van der Waals surface area (Å²) in [4.78, 5) is 29.8. The maximum Gasteiger partial charge on any atom is 0.227 e. The second kappa shape index (κ2) is 6.00. The minimum Gasteiger partial charge on any atom is -0.312 e. The monoisotopic (exact) mass is 356 g/mol. The van der Waals surface area contributed by atoms with Crippen molar-refractivity contribution in [2.75, 3.05) is 11.4 Å². The minimum atomic E-state index is -0.451. The molecule has 1 fully saturated rings. The van der Waals surface area contributed by atoms with Crippen LogP contribution in [0.15, 0.2) is 48.5 Å². The molecule has 4 nitrogen and oxygen atoms in total. The van der Waals surface area contributed by atoms with Gasteiger partial charge in [0.05, 0.1) is 16.1 Å². The third-order valence-electron chi connectivity index (χ3n) is 4.14. The number of fused-ring (bicyclic) bond motifs is 1. The van der Waals surface area contributed by atoms with Crippen LogP contribution in [0.4, 0.5) is 5.69 Å². The van der Waals surface area contributed by atoms with Crippen LogP contribution in [-0.4, -0.2) is 22.7 Å². The number of hydrogen-bond acceptors (Lipinski definition) is 4. The maximum atomic E-state index is 12.2. The number of anilines is 1. The number of thiazole rings is 1. The van der Waals surface area contributed by atoms with E-state index in [1.807, 2.05) is 48.5 Å². The van der Waals surface area contributed by atoms with Gasteiger partial charge in [0.1, 0.15) is 5.01 Å². The summed E-state index contributed by atoms with van der Waals surface area (Å²) in [6, 6.07) is 15.7. The minimum absolute atomic E-state index is 0.0737. The summed E-state index contributed by atoms with van der Waals surface area (Å²) in [7, 11) is 0. The molecule has 1 aliphatic rings. The molecule has 0 bridgehead atoms. The third-order valence-corrected chi connectivity index (χ3v) is 5.54. The number of aromatic nitrogens is 1. The van der Waals surface area contributed by atoms with E-state index < -0.39 is 11.2 Å². The van der Waals surface area contributed by atoms with Gasteiger partial charge in [0.15, 0.2) is 0 Å². The second-order valence-electron chi connectivity index (χ2n) is 5.75. The second-order valence-corrected chi connectivity index (χ2v) is 7.15. The fourth-order valence-corrected chi connectivity index (χ4v) is 4.02. The van der Waals surface area contributed by atoms with Crippen molar-refractivity contribution < 1.29 is 9.59 Å². The lowest BCUT2D eigenvalue weighted by atomic mass is 10.1. The quantitative estimate of drug-likeness (QED) is 0.664. The molecule has 1 saturated heterocycles. The molecule has 0 radical (unpaired) electrons. The van der Waals surface area contributed by atoms with Gasteiger partial charge in [-0.05, 0) is 35.9 Å². The van der Waals surface area contributed by atoms with Gasteiger partial charge in [-0.2, -0.15) is 0 Å². The van der Waals surface area contributed by atoms with Crippen LogP contribution in [0.5, 0.6) is 0 Å². The van der Waals surface area contributed by atoms with E-state index in [0.29, 0.717) is 6.54 Å². The number of nitrogens with zero attached hydrogens (tertiary/aromatic N) is 2. The maximum absolute atomic E-state index is 12.2. The average Bonchev–Trinajstić information content (AvgIpc) is 3.18. The van der Waals surface area contributed by atoms with Crippen molar-refractivity contribution in [2.24, 2.45) is 5.92 Å². The zero-order valence-corrected chi connectivity index (χ0v) is 14.2. The summed E-state index contributed by atoms with van der Waals surface area (Å²) in [5.74, 6) is -0.499. The van der Waals surface area contributed by atoms with Crippen molar-refractivity contribution in [2.45, 2.75) is 6.42 Å². The Morgan fingerprint density at radius 2 is 2.04 bits per heavy atom. The first kappa shape index (κ1) is 15.3. The predicted octanol–water partition coefficient (Wildman–Crippen LogP) is 4.08. The van der Waals surface area contributed by atoms with Crippen LogP contribution >= 0.6 is 22.9 Å². The largest absolute Gasteiger partial charge is 0.312 e. The Balaban J connectivity index is 1.69. The first-order valence-corrected chi connectivity index (χ1v) is 8.77. The Bertz CT molecular complexity index is 920. The van der Waals surface area contributed by atoms with Gasteiger partial charge >= 0.3 is 0 Å². The standard InChI is InChI=1S/C18H13ClN2O2S/c19-17(23)12-9-16(22)21(10-12)13-5-3-4-11(8-13)18-20-14-6-1-2-7-15(14)24-18/h1-8,12H,9-10H2/t12-/m1/s1. The smallest absolute Gasteiger partial charge is 0.227 e. The molecule has 1 amide bonds. The van der Waals surface area contributed by atoms with E-state index in [1.165, 1.54) is 0 Å². The van der Waals surface area contributed by atoms with E-state index in [9.17, 15) is 9.59 Å². The van der Waals surface area contributed by atoms with Crippen LogP contribution in [0.3, 0.4) is 0 Å². The molecular weight excluding hydrogens is 344 g/mol. The topological polar surface area (TPSA) is 50.3 Å². The van der Waals surface area contributed by atoms with Gasteiger partial charge in [-0.1, -0.05) is 24.3 Å². The van der Waals surface area contributed by atoms with E-state index in [0.717, 1.165) is 26.5 Å². The lowest BCUT2D eigenvalue weighted by Gasteiger charge is -2.16. The van der Waals surface area contributed by atoms with Crippen molar-refractivity contribution in [3.05, 3.63) is 48.5 Å². The predicted molar refractivity (Wildman–Crippen MR) is 96.4 cm³/mol. The van der Waals surface area contributed by atoms with Crippen molar-refractivity contribution in [3.63, 3.8) is 0 Å². The van der Waals surface area contributed by atoms with Gasteiger partial charge in [-0.3, -0.25) is 9.59 Å². The number of halogens is 1. The Hall–Kier alpha value is -2.24. The van der Waals surface area contributed by atoms with E-state index in [1.54, 1.807) is 16.2 Å². The molecule has 1 aromatic heterocycles. The lowest BCUT2D eigenvalue weighted by Crippen LogP contribution is -2.25. The first-order chi connectivity index (χ1) is 11.6. The molecule has 6 heteroatoms. The van der Waals surface area contributed by atoms with Crippen LogP contribution in [0.1, 0.15) is 6.42 Å². The normalized spacial score (nSPS) is 17.6. The molecule has 0 unspecified atom stereocenters. The molecule has 1 aliphatic heterocycles. The number of benzene rings is 2. The van der Waals surface area contributed by atoms with Crippen LogP contribution in [0, 0.1) is 5.92 Å². The molecule has 120 valence electrons. The van der Waals surface area contributed by atoms with Crippen molar-refractivity contribution in [1.29, 1.82) is 0 Å². The number of amides is 1. The van der Waals surface area contributed by atoms with Crippen molar-refractivity contribution >= 4 is 50.0 Å². The zero-order chi connectivity index (χ0) is 16.7. The number of carbonyl (C=O) groups is 2. The molecule has 2 heterocycles. The molecule has 0 aliphatic carbocycles. The van der Waals surface area contributed by atoms with E-state index >= 15 is 0 Å². The summed E-state index contributed by atoms with van der Waals surface area (Å²) in [6.07, 6.45) is 0.174. The highest BCUT2D eigenvalue weighted by molar-refractivity contribution is 7.21. The SMILES string of the molecule is O=C(Cl)[C@@H]1CC(=O)N(c2cccc(-c3nc4ccccc4s3)c2)C1. The van der Waals surface area contributed by atoms with Gasteiger partial charge in [0.25, 0.3) is 0 Å². The molecule has 4 rings (SSSR count). The van der Waals surface area contributed by atoms with Crippen LogP contribution in [-0.2, 0) is 9.59 Å². The summed E-state index contributed by atoms with van der Waals surface area (Å²) in [6.45, 7) is 0.338. The summed E-state index contributed by atoms with van der Waals surface area (Å²) in [5.41, 5.74) is 2.70. The van der Waals surface area contributed by atoms with Crippen molar-refractivity contribution in [1.82, 2.24) is 4.98 Å². The highest BCUT2D eigenvalue weighted by Gasteiger charge is 2.34. The number of carbonyl (C=O) groups excluding carboxylic acids is 2. The molecule has 2 aromatic carbocycles. The van der Waals surface area contributed by atoms with Crippen LogP contribution < -0.4 is 4.90 Å². The van der Waals surface area contributed by atoms with E-state index in [-0.39, 0.29) is 12.3 Å². The fraction of sp³-hybridized carbons (Fsp3) is 0.167. The van der Waals surface area contributed by atoms with E-state index in [2.05, 4.69) is 4.98 Å². The van der Waals surface area contributed by atoms with Crippen molar-refractivity contribution in [3.8, 4) is 10.6 Å². The van der Waals surface area contributed by atoms with Gasteiger partial charge in [0, 0.05) is 24.2 Å². The highest BCUT2D eigenvalue weighted by Crippen LogP contribution is 2.33. The van der Waals surface area contributed by atoms with Gasteiger partial charge in [-0.15, -0.1) is 11.3 Å². The lowest BCUT2D eigenvalue weighted by molar-refractivity contribution is -0.120. The molecule has 0 saturated carbocycles. The highest BCUT2D eigenvalue weighted by atomic mass is 35.5. The molecule has 24 heavy (non-hydrogen) atoms. The number of hydrogen-bond donors (Lipinski definition) is 0. The van der Waals surface area contributed by atoms with Crippen LogP contribution in [0.25, 0.3) is 20.8 Å². The molecule has 1 atom stereocenters. The first-order valence-electron chi connectivity index (χ1n) is 7.57. The summed E-state index contributed by atoms with van der Waals surface area (Å²) >= 11 is 7.17. The Labute approximate surface area is 147 Å². The molecule has 3 aromatic rings. The summed E-state index contributed by atoms with van der Waals surface area (Å²) in [5, 5.41) is 0.461. The zero-order valence-electron chi connectivity index (χ0n) is 12.6. The molecular formula is C18H13ClN2O2S. The fourth-order valence-electron chi connectivity index (χ4n) is 2.91. The van der Waals surface area contributed by atoms with Gasteiger partial charge in [-0.25, -0.2) is 4.98 Å². The number of rotatable bonds is 3. The van der Waals surface area contributed by atoms with Crippen LogP contribution in [0.2, 0.25) is 0 Å². The van der Waals surface area contributed by atoms with Gasteiger partial charge in [0.2, 0.25) is 11.1 Å². The third kappa shape index (κ3) is 2.70. The molecule has 0 spiro atoms.